The maximum Gasteiger partial charge on any atom is 0.261 e. The molecule has 3 aromatic heterocycles. The van der Waals surface area contributed by atoms with Crippen molar-refractivity contribution >= 4 is 22.6 Å². The molecule has 5 rings (SSSR count). The number of aromatic amines is 1. The maximum absolute atomic E-state index is 13.3. The average molecular weight is 484 g/mol. The summed E-state index contributed by atoms with van der Waals surface area (Å²) >= 11 is 0. The Kier molecular flexibility index (Phi) is 5.99. The number of fused-ring (bicyclic) bond motifs is 1. The Morgan fingerprint density at radius 1 is 1.14 bits per heavy atom. The number of nitrogens with two attached hydrogens (primary N) is 1. The predicted octanol–water partition coefficient (Wildman–Crippen LogP) is 3.44. The molecular weight excluding hydrogens is 461 g/mol. The Morgan fingerprint density at radius 3 is 2.75 bits per heavy atom. The van der Waals surface area contributed by atoms with Gasteiger partial charge in [0.1, 0.15) is 5.82 Å². The van der Waals surface area contributed by atoms with Crippen molar-refractivity contribution in [2.45, 2.75) is 19.5 Å². The lowest BCUT2D eigenvalue weighted by molar-refractivity contribution is 0.0950. The Hall–Kier alpha value is -4.86. The van der Waals surface area contributed by atoms with Gasteiger partial charge in [0.05, 0.1) is 29.5 Å². The third kappa shape index (κ3) is 4.43. The van der Waals surface area contributed by atoms with E-state index in [0.29, 0.717) is 27.8 Å². The lowest BCUT2D eigenvalue weighted by atomic mass is 10.0. The van der Waals surface area contributed by atoms with Gasteiger partial charge in [-0.25, -0.2) is 9.97 Å². The molecule has 10 heteroatoms. The minimum atomic E-state index is -0.576. The second kappa shape index (κ2) is 9.41. The molecule has 0 radical (unpaired) electrons. The molecule has 36 heavy (non-hydrogen) atoms. The Labute approximate surface area is 204 Å². The topological polar surface area (TPSA) is 132 Å². The highest BCUT2D eigenvalue weighted by atomic mass is 19.1. The number of carbonyl (C=O) groups excluding carboxylic acids is 1. The first-order valence-corrected chi connectivity index (χ1v) is 11.2. The van der Waals surface area contributed by atoms with E-state index in [0.717, 1.165) is 16.7 Å². The van der Waals surface area contributed by atoms with E-state index in [1.165, 1.54) is 23.2 Å². The van der Waals surface area contributed by atoms with Crippen LogP contribution in [0.15, 0.2) is 78.1 Å². The van der Waals surface area contributed by atoms with Gasteiger partial charge in [0, 0.05) is 23.9 Å². The van der Waals surface area contributed by atoms with Crippen LogP contribution < -0.4 is 16.6 Å². The van der Waals surface area contributed by atoms with Crippen molar-refractivity contribution < 1.29 is 9.18 Å². The summed E-state index contributed by atoms with van der Waals surface area (Å²) in [7, 11) is 0. The number of amides is 1. The second-order valence-electron chi connectivity index (χ2n) is 8.36. The van der Waals surface area contributed by atoms with E-state index >= 15 is 0 Å². The summed E-state index contributed by atoms with van der Waals surface area (Å²) in [4.78, 5) is 34.0. The third-order valence-corrected chi connectivity index (χ3v) is 6.05. The van der Waals surface area contributed by atoms with Gasteiger partial charge >= 0.3 is 0 Å². The minimum Gasteiger partial charge on any atom is -0.384 e. The van der Waals surface area contributed by atoms with Crippen molar-refractivity contribution in [2.24, 2.45) is 0 Å². The quantitative estimate of drug-likeness (QED) is 0.317. The van der Waals surface area contributed by atoms with Crippen LogP contribution in [-0.2, 0) is 6.54 Å². The normalized spacial score (nSPS) is 11.9. The van der Waals surface area contributed by atoms with Crippen LogP contribution in [0.5, 0.6) is 0 Å². The van der Waals surface area contributed by atoms with E-state index < -0.39 is 5.95 Å². The van der Waals surface area contributed by atoms with Crippen LogP contribution in [-0.4, -0.2) is 30.6 Å². The summed E-state index contributed by atoms with van der Waals surface area (Å²) in [5.41, 5.74) is 9.71. The second-order valence-corrected chi connectivity index (χ2v) is 8.36. The number of carbonyl (C=O) groups is 1. The first kappa shape index (κ1) is 22.9. The number of hydrogen-bond donors (Lipinski definition) is 3. The van der Waals surface area contributed by atoms with E-state index in [4.69, 9.17) is 5.73 Å². The van der Waals surface area contributed by atoms with Gasteiger partial charge in [-0.15, -0.1) is 0 Å². The molecule has 0 saturated carbocycles. The number of nitrogens with one attached hydrogen (secondary N) is 2. The molecule has 0 saturated heterocycles. The molecule has 0 bridgehead atoms. The van der Waals surface area contributed by atoms with Crippen molar-refractivity contribution in [1.82, 2.24) is 30.0 Å². The van der Waals surface area contributed by atoms with Crippen molar-refractivity contribution in [3.05, 3.63) is 106 Å². The molecule has 0 fully saturated rings. The molecule has 5 aromatic rings. The number of halogens is 1. The maximum atomic E-state index is 13.3. The molecule has 9 nitrogen and oxygen atoms in total. The van der Waals surface area contributed by atoms with Crippen LogP contribution in [0.3, 0.4) is 0 Å². The van der Waals surface area contributed by atoms with E-state index in [-0.39, 0.29) is 24.1 Å². The summed E-state index contributed by atoms with van der Waals surface area (Å²) in [6.45, 7) is 2.09. The van der Waals surface area contributed by atoms with Crippen molar-refractivity contribution in [3.63, 3.8) is 0 Å². The van der Waals surface area contributed by atoms with Gasteiger partial charge in [-0.05, 0) is 53.9 Å². The van der Waals surface area contributed by atoms with Gasteiger partial charge in [0.25, 0.3) is 11.5 Å². The fraction of sp³-hybridized carbons (Fsp3) is 0.115. The lowest BCUT2D eigenvalue weighted by Crippen LogP contribution is -2.25. The summed E-state index contributed by atoms with van der Waals surface area (Å²) in [6, 6.07) is 14.8. The standard InChI is InChI=1S/C26H22FN7O2/c1-15(17-3-2-4-19(9-17)25(35)30-12-16-5-8-23(27)29-11-16)34-14-31-22-10-18(6-7-20(22)26(34)36)21-13-32-33-24(21)28/h2-11,13-15H,12H2,1H3,(H,30,35)(H3,28,32,33)/t15-/m1/s1. The van der Waals surface area contributed by atoms with Crippen molar-refractivity contribution in [3.8, 4) is 11.1 Å². The summed E-state index contributed by atoms with van der Waals surface area (Å²) < 4.78 is 14.5. The number of H-pyrrole nitrogens is 1. The predicted molar refractivity (Wildman–Crippen MR) is 134 cm³/mol. The van der Waals surface area contributed by atoms with Crippen LogP contribution in [0.2, 0.25) is 0 Å². The van der Waals surface area contributed by atoms with Crippen molar-refractivity contribution in [2.75, 3.05) is 5.73 Å². The summed E-state index contributed by atoms with van der Waals surface area (Å²) in [5, 5.41) is 9.90. The third-order valence-electron chi connectivity index (χ3n) is 6.05. The molecule has 2 aromatic carbocycles. The lowest BCUT2D eigenvalue weighted by Gasteiger charge is -2.17. The average Bonchev–Trinajstić information content (AvgIpc) is 3.33. The first-order chi connectivity index (χ1) is 17.4. The smallest absolute Gasteiger partial charge is 0.261 e. The van der Waals surface area contributed by atoms with Gasteiger partial charge < -0.3 is 11.1 Å². The number of nitrogen functional groups attached to an aromatic ring is 1. The van der Waals surface area contributed by atoms with E-state index in [1.54, 1.807) is 42.6 Å². The van der Waals surface area contributed by atoms with Crippen LogP contribution in [0.4, 0.5) is 10.2 Å². The van der Waals surface area contributed by atoms with Gasteiger partial charge in [-0.3, -0.25) is 19.3 Å². The number of aromatic nitrogens is 5. The summed E-state index contributed by atoms with van der Waals surface area (Å²) in [6.07, 6.45) is 4.51. The molecule has 0 aliphatic rings. The number of pyridine rings is 1. The molecule has 3 heterocycles. The highest BCUT2D eigenvalue weighted by Gasteiger charge is 2.15. The Morgan fingerprint density at radius 2 is 2.00 bits per heavy atom. The fourth-order valence-corrected chi connectivity index (χ4v) is 4.00. The van der Waals surface area contributed by atoms with Crippen LogP contribution >= 0.6 is 0 Å². The molecular formula is C26H22FN7O2. The van der Waals surface area contributed by atoms with Crippen LogP contribution in [0.1, 0.15) is 34.5 Å². The van der Waals surface area contributed by atoms with E-state index in [9.17, 15) is 14.0 Å². The number of nitrogens with zero attached hydrogens (tertiary/aromatic N) is 4. The number of anilines is 1. The zero-order valence-electron chi connectivity index (χ0n) is 19.3. The molecule has 1 amide bonds. The molecule has 0 aliphatic heterocycles. The highest BCUT2D eigenvalue weighted by molar-refractivity contribution is 5.94. The molecule has 1 atom stereocenters. The largest absolute Gasteiger partial charge is 0.384 e. The highest BCUT2D eigenvalue weighted by Crippen LogP contribution is 2.26. The minimum absolute atomic E-state index is 0.196. The first-order valence-electron chi connectivity index (χ1n) is 11.2. The van der Waals surface area contributed by atoms with Gasteiger partial charge in [0.15, 0.2) is 0 Å². The fourth-order valence-electron chi connectivity index (χ4n) is 4.00. The molecule has 0 unspecified atom stereocenters. The number of rotatable bonds is 6. The Balaban J connectivity index is 1.38. The molecule has 4 N–H and O–H groups in total. The van der Waals surface area contributed by atoms with E-state index in [1.807, 2.05) is 19.1 Å². The molecule has 0 aliphatic carbocycles. The molecule has 180 valence electrons. The van der Waals surface area contributed by atoms with E-state index in [2.05, 4.69) is 25.5 Å². The van der Waals surface area contributed by atoms with Crippen molar-refractivity contribution in [1.29, 1.82) is 0 Å². The zero-order chi connectivity index (χ0) is 25.2. The summed E-state index contributed by atoms with van der Waals surface area (Å²) in [5.74, 6) is -0.425. The molecule has 0 spiro atoms. The number of hydrogen-bond acceptors (Lipinski definition) is 6. The van der Waals surface area contributed by atoms with Crippen LogP contribution in [0, 0.1) is 5.95 Å². The van der Waals surface area contributed by atoms with Crippen LogP contribution in [0.25, 0.3) is 22.0 Å². The monoisotopic (exact) mass is 483 g/mol. The van der Waals surface area contributed by atoms with Gasteiger partial charge in [0.2, 0.25) is 5.95 Å². The zero-order valence-corrected chi connectivity index (χ0v) is 19.3. The Bertz CT molecular complexity index is 1630. The SMILES string of the molecule is C[C@H](c1cccc(C(=O)NCc2ccc(F)nc2)c1)n1cnc2cc(-c3cn[nH]c3N)ccc2c1=O. The van der Waals surface area contributed by atoms with Gasteiger partial charge in [-0.2, -0.15) is 9.49 Å². The van der Waals surface area contributed by atoms with Gasteiger partial charge in [-0.1, -0.05) is 24.3 Å². The number of benzene rings is 2.